The van der Waals surface area contributed by atoms with Gasteiger partial charge in [0.25, 0.3) is 0 Å². The van der Waals surface area contributed by atoms with Gasteiger partial charge in [0, 0.05) is 28.6 Å². The normalized spacial score (nSPS) is 11.3. The summed E-state index contributed by atoms with van der Waals surface area (Å²) in [5.74, 6) is 0. The molecule has 0 aliphatic rings. The van der Waals surface area contributed by atoms with Gasteiger partial charge in [-0.2, -0.15) is 0 Å². The Kier molecular flexibility index (Phi) is 1.83. The molecule has 0 saturated heterocycles. The Morgan fingerprint density at radius 1 is 0.778 bits per heavy atom. The van der Waals surface area contributed by atoms with E-state index in [0.717, 1.165) is 32.6 Å². The Morgan fingerprint density at radius 2 is 1.72 bits per heavy atom. The van der Waals surface area contributed by atoms with E-state index in [2.05, 4.69) is 39.2 Å². The third-order valence-electron chi connectivity index (χ3n) is 3.25. The van der Waals surface area contributed by atoms with Gasteiger partial charge in [0.05, 0.1) is 11.0 Å². The van der Waals surface area contributed by atoms with E-state index < -0.39 is 0 Å². The monoisotopic (exact) mass is 231 g/mol. The molecule has 0 spiro atoms. The van der Waals surface area contributed by atoms with Crippen molar-refractivity contribution in [2.75, 3.05) is 0 Å². The molecule has 18 heavy (non-hydrogen) atoms. The Hall–Kier alpha value is -2.55. The zero-order chi connectivity index (χ0) is 11.9. The molecule has 0 unspecified atom stereocenters. The molecule has 3 heteroatoms. The highest BCUT2D eigenvalue weighted by Crippen LogP contribution is 2.28. The number of benzene rings is 2. The number of hydrogen-bond donors (Lipinski definition) is 0. The maximum atomic E-state index is 4.48. The molecule has 3 nitrogen and oxygen atoms in total. The quantitative estimate of drug-likeness (QED) is 0.436. The second-order valence-corrected chi connectivity index (χ2v) is 4.26. The van der Waals surface area contributed by atoms with Crippen LogP contribution in [0.1, 0.15) is 0 Å². The van der Waals surface area contributed by atoms with Gasteiger partial charge >= 0.3 is 0 Å². The van der Waals surface area contributed by atoms with Crippen molar-refractivity contribution in [2.45, 2.75) is 0 Å². The van der Waals surface area contributed by atoms with E-state index in [4.69, 9.17) is 0 Å². The zero-order valence-electron chi connectivity index (χ0n) is 9.54. The SMILES string of the molecule is c1cnc2c(c1)ccc1c3cncnc3ccc12. The van der Waals surface area contributed by atoms with Gasteiger partial charge < -0.3 is 0 Å². The van der Waals surface area contributed by atoms with E-state index in [1.54, 1.807) is 6.33 Å². The highest BCUT2D eigenvalue weighted by atomic mass is 14.8. The van der Waals surface area contributed by atoms with Crippen LogP contribution in [0, 0.1) is 0 Å². The molecule has 2 aromatic carbocycles. The number of aromatic nitrogens is 3. The summed E-state index contributed by atoms with van der Waals surface area (Å²) < 4.78 is 0. The van der Waals surface area contributed by atoms with Gasteiger partial charge in [-0.05, 0) is 23.6 Å². The fraction of sp³-hybridized carbons (Fsp3) is 0. The summed E-state index contributed by atoms with van der Waals surface area (Å²) in [4.78, 5) is 12.9. The minimum atomic E-state index is 0.966. The first kappa shape index (κ1) is 9.48. The number of fused-ring (bicyclic) bond motifs is 5. The van der Waals surface area contributed by atoms with E-state index in [1.807, 2.05) is 24.5 Å². The lowest BCUT2D eigenvalue weighted by molar-refractivity contribution is 1.23. The lowest BCUT2D eigenvalue weighted by Crippen LogP contribution is -1.85. The van der Waals surface area contributed by atoms with Crippen LogP contribution in [0.5, 0.6) is 0 Å². The first-order chi connectivity index (χ1) is 8.93. The second-order valence-electron chi connectivity index (χ2n) is 4.26. The topological polar surface area (TPSA) is 38.7 Å². The summed E-state index contributed by atoms with van der Waals surface area (Å²) >= 11 is 0. The molecule has 4 rings (SSSR count). The van der Waals surface area contributed by atoms with E-state index >= 15 is 0 Å². The van der Waals surface area contributed by atoms with Gasteiger partial charge in [-0.3, -0.25) is 4.98 Å². The molecule has 0 fully saturated rings. The summed E-state index contributed by atoms with van der Waals surface area (Å²) in [6.07, 6.45) is 5.26. The van der Waals surface area contributed by atoms with Crippen molar-refractivity contribution >= 4 is 32.6 Å². The third-order valence-corrected chi connectivity index (χ3v) is 3.25. The van der Waals surface area contributed by atoms with E-state index in [9.17, 15) is 0 Å². The molecule has 0 N–H and O–H groups in total. The molecule has 4 aromatic rings. The van der Waals surface area contributed by atoms with Crippen molar-refractivity contribution < 1.29 is 0 Å². The zero-order valence-corrected chi connectivity index (χ0v) is 9.54. The molecule has 0 atom stereocenters. The van der Waals surface area contributed by atoms with E-state index in [1.165, 1.54) is 0 Å². The Balaban J connectivity index is 2.31. The second kappa shape index (κ2) is 3.47. The number of pyridine rings is 1. The van der Waals surface area contributed by atoms with E-state index in [0.29, 0.717) is 0 Å². The highest BCUT2D eigenvalue weighted by molar-refractivity contribution is 6.14. The largest absolute Gasteiger partial charge is 0.256 e. The molecule has 0 amide bonds. The molecular formula is C15H9N3. The van der Waals surface area contributed by atoms with Gasteiger partial charge in [0.1, 0.15) is 6.33 Å². The fourth-order valence-corrected chi connectivity index (χ4v) is 2.41. The van der Waals surface area contributed by atoms with E-state index in [-0.39, 0.29) is 0 Å². The van der Waals surface area contributed by atoms with Crippen molar-refractivity contribution in [3.05, 3.63) is 55.1 Å². The van der Waals surface area contributed by atoms with Crippen molar-refractivity contribution in [3.8, 4) is 0 Å². The number of rotatable bonds is 0. The summed E-state index contributed by atoms with van der Waals surface area (Å²) in [6.45, 7) is 0. The standard InChI is InChI=1S/C15H9N3/c1-2-10-3-4-11-12(15(10)17-7-1)5-6-14-13(11)8-16-9-18-14/h1-9H. The molecule has 0 saturated carbocycles. The van der Waals surface area contributed by atoms with Crippen LogP contribution in [0.15, 0.2) is 55.1 Å². The molecule has 0 aliphatic heterocycles. The third kappa shape index (κ3) is 1.21. The molecule has 0 bridgehead atoms. The molecule has 0 radical (unpaired) electrons. The summed E-state index contributed by atoms with van der Waals surface area (Å²) in [6, 6.07) is 12.3. The predicted octanol–water partition coefficient (Wildman–Crippen LogP) is 3.33. The van der Waals surface area contributed by atoms with Gasteiger partial charge in [0.2, 0.25) is 0 Å². The van der Waals surface area contributed by atoms with Crippen molar-refractivity contribution in [1.29, 1.82) is 0 Å². The number of hydrogen-bond acceptors (Lipinski definition) is 3. The van der Waals surface area contributed by atoms with Crippen LogP contribution in [0.25, 0.3) is 32.6 Å². The van der Waals surface area contributed by atoms with Crippen LogP contribution < -0.4 is 0 Å². The number of nitrogens with zero attached hydrogens (tertiary/aromatic N) is 3. The minimum Gasteiger partial charge on any atom is -0.256 e. The van der Waals surface area contributed by atoms with Crippen LogP contribution in [-0.4, -0.2) is 15.0 Å². The Labute approximate surface area is 103 Å². The Morgan fingerprint density at radius 3 is 2.72 bits per heavy atom. The molecule has 2 heterocycles. The Bertz CT molecular complexity index is 809. The molecular weight excluding hydrogens is 222 g/mol. The van der Waals surface area contributed by atoms with Crippen molar-refractivity contribution in [1.82, 2.24) is 15.0 Å². The molecule has 0 aliphatic carbocycles. The van der Waals surface area contributed by atoms with Gasteiger partial charge in [-0.25, -0.2) is 9.97 Å². The van der Waals surface area contributed by atoms with Crippen LogP contribution in [0.3, 0.4) is 0 Å². The fourth-order valence-electron chi connectivity index (χ4n) is 2.41. The van der Waals surface area contributed by atoms with Crippen molar-refractivity contribution in [3.63, 3.8) is 0 Å². The summed E-state index contributed by atoms with van der Waals surface area (Å²) in [5, 5.41) is 4.53. The van der Waals surface area contributed by atoms with Crippen LogP contribution in [0.2, 0.25) is 0 Å². The van der Waals surface area contributed by atoms with Gasteiger partial charge in [0.15, 0.2) is 0 Å². The smallest absolute Gasteiger partial charge is 0.116 e. The van der Waals surface area contributed by atoms with Crippen molar-refractivity contribution in [2.24, 2.45) is 0 Å². The first-order valence-electron chi connectivity index (χ1n) is 5.80. The molecule has 84 valence electrons. The lowest BCUT2D eigenvalue weighted by atomic mass is 10.0. The lowest BCUT2D eigenvalue weighted by Gasteiger charge is -2.05. The van der Waals surface area contributed by atoms with Crippen LogP contribution >= 0.6 is 0 Å². The predicted molar refractivity (Wildman–Crippen MR) is 72.3 cm³/mol. The average molecular weight is 231 g/mol. The highest BCUT2D eigenvalue weighted by Gasteiger charge is 2.05. The first-order valence-corrected chi connectivity index (χ1v) is 5.80. The van der Waals surface area contributed by atoms with Gasteiger partial charge in [-0.15, -0.1) is 0 Å². The van der Waals surface area contributed by atoms with Gasteiger partial charge in [-0.1, -0.05) is 18.2 Å². The van der Waals surface area contributed by atoms with Crippen LogP contribution in [-0.2, 0) is 0 Å². The maximum absolute atomic E-state index is 4.48. The average Bonchev–Trinajstić information content (AvgIpc) is 2.46. The minimum absolute atomic E-state index is 0.966. The summed E-state index contributed by atoms with van der Waals surface area (Å²) in [5.41, 5.74) is 1.99. The maximum Gasteiger partial charge on any atom is 0.116 e. The summed E-state index contributed by atoms with van der Waals surface area (Å²) in [7, 11) is 0. The van der Waals surface area contributed by atoms with Crippen LogP contribution in [0.4, 0.5) is 0 Å². The molecule has 2 aromatic heterocycles.